The van der Waals surface area contributed by atoms with Crippen LogP contribution in [0.2, 0.25) is 0 Å². The average Bonchev–Trinajstić information content (AvgIpc) is 2.04. The van der Waals surface area contributed by atoms with Gasteiger partial charge in [-0.1, -0.05) is 0 Å². The average molecular weight is 206 g/mol. The van der Waals surface area contributed by atoms with E-state index in [1.807, 2.05) is 6.92 Å². The van der Waals surface area contributed by atoms with Gasteiger partial charge < -0.3 is 10.0 Å². The Morgan fingerprint density at radius 2 is 2.08 bits per heavy atom. The van der Waals surface area contributed by atoms with E-state index in [4.69, 9.17) is 11.6 Å². The SMILES string of the molecule is CC1(O)CCN(C(=O)CCCl)CC1. The summed E-state index contributed by atoms with van der Waals surface area (Å²) in [7, 11) is 0. The molecule has 0 bridgehead atoms. The lowest BCUT2D eigenvalue weighted by molar-refractivity contribution is -0.134. The largest absolute Gasteiger partial charge is 0.390 e. The number of alkyl halides is 1. The second-order valence-electron chi connectivity index (χ2n) is 3.82. The minimum absolute atomic E-state index is 0.102. The van der Waals surface area contributed by atoms with Crippen molar-refractivity contribution in [1.82, 2.24) is 4.90 Å². The molecule has 1 N–H and O–H groups in total. The number of hydrogen-bond acceptors (Lipinski definition) is 2. The molecule has 1 aliphatic rings. The Bertz CT molecular complexity index is 184. The van der Waals surface area contributed by atoms with Gasteiger partial charge in [0, 0.05) is 25.4 Å². The maximum Gasteiger partial charge on any atom is 0.223 e. The fourth-order valence-corrected chi connectivity index (χ4v) is 1.64. The van der Waals surface area contributed by atoms with Crippen molar-refractivity contribution in [2.24, 2.45) is 0 Å². The predicted molar refractivity (Wildman–Crippen MR) is 51.8 cm³/mol. The number of likely N-dealkylation sites (tertiary alicyclic amines) is 1. The van der Waals surface area contributed by atoms with E-state index in [0.717, 1.165) is 0 Å². The van der Waals surface area contributed by atoms with E-state index in [-0.39, 0.29) is 5.91 Å². The van der Waals surface area contributed by atoms with E-state index in [9.17, 15) is 9.90 Å². The molecule has 4 heteroatoms. The van der Waals surface area contributed by atoms with E-state index in [1.165, 1.54) is 0 Å². The van der Waals surface area contributed by atoms with Gasteiger partial charge in [0.15, 0.2) is 0 Å². The van der Waals surface area contributed by atoms with Gasteiger partial charge in [-0.25, -0.2) is 0 Å². The van der Waals surface area contributed by atoms with Crippen LogP contribution >= 0.6 is 11.6 Å². The Hall–Kier alpha value is -0.280. The highest BCUT2D eigenvalue weighted by Crippen LogP contribution is 2.21. The number of rotatable bonds is 2. The minimum atomic E-state index is -0.586. The molecule has 3 nitrogen and oxygen atoms in total. The van der Waals surface area contributed by atoms with Crippen LogP contribution in [-0.2, 0) is 4.79 Å². The highest BCUT2D eigenvalue weighted by Gasteiger charge is 2.28. The van der Waals surface area contributed by atoms with Crippen molar-refractivity contribution < 1.29 is 9.90 Å². The van der Waals surface area contributed by atoms with Crippen molar-refractivity contribution in [2.45, 2.75) is 31.8 Å². The summed E-state index contributed by atoms with van der Waals surface area (Å²) in [5.41, 5.74) is -0.586. The van der Waals surface area contributed by atoms with Crippen LogP contribution in [0.25, 0.3) is 0 Å². The van der Waals surface area contributed by atoms with Gasteiger partial charge in [0.05, 0.1) is 5.60 Å². The van der Waals surface area contributed by atoms with Crippen LogP contribution in [0.1, 0.15) is 26.2 Å². The molecule has 0 aromatic rings. The predicted octanol–water partition coefficient (Wildman–Crippen LogP) is 0.989. The van der Waals surface area contributed by atoms with Gasteiger partial charge in [0.1, 0.15) is 0 Å². The van der Waals surface area contributed by atoms with Gasteiger partial charge >= 0.3 is 0 Å². The third-order valence-corrected chi connectivity index (χ3v) is 2.69. The summed E-state index contributed by atoms with van der Waals surface area (Å²) in [5.74, 6) is 0.483. The lowest BCUT2D eigenvalue weighted by Gasteiger charge is -2.35. The topological polar surface area (TPSA) is 40.5 Å². The highest BCUT2D eigenvalue weighted by atomic mass is 35.5. The van der Waals surface area contributed by atoms with Crippen molar-refractivity contribution >= 4 is 17.5 Å². The van der Waals surface area contributed by atoms with E-state index >= 15 is 0 Å². The van der Waals surface area contributed by atoms with Gasteiger partial charge in [-0.05, 0) is 19.8 Å². The van der Waals surface area contributed by atoms with Crippen LogP contribution in [0.5, 0.6) is 0 Å². The van der Waals surface area contributed by atoms with Gasteiger partial charge in [0.25, 0.3) is 0 Å². The van der Waals surface area contributed by atoms with Crippen LogP contribution < -0.4 is 0 Å². The fraction of sp³-hybridized carbons (Fsp3) is 0.889. The van der Waals surface area contributed by atoms with E-state index in [0.29, 0.717) is 38.2 Å². The van der Waals surface area contributed by atoms with E-state index in [2.05, 4.69) is 0 Å². The maximum atomic E-state index is 11.4. The molecule has 0 unspecified atom stereocenters. The molecule has 1 rings (SSSR count). The molecule has 76 valence electrons. The molecule has 1 aliphatic heterocycles. The first-order valence-corrected chi connectivity index (χ1v) is 5.15. The quantitative estimate of drug-likeness (QED) is 0.683. The first kappa shape index (κ1) is 10.8. The molecule has 13 heavy (non-hydrogen) atoms. The standard InChI is InChI=1S/C9H16ClNO2/c1-9(13)3-6-11(7-4-9)8(12)2-5-10/h13H,2-7H2,1H3. The van der Waals surface area contributed by atoms with E-state index in [1.54, 1.807) is 4.90 Å². The third kappa shape index (κ3) is 3.16. The molecule has 0 aromatic carbocycles. The molecule has 1 fully saturated rings. The summed E-state index contributed by atoms with van der Waals surface area (Å²) in [6.45, 7) is 3.13. The number of carbonyl (C=O) groups excluding carboxylic acids is 1. The normalized spacial score (nSPS) is 21.6. The van der Waals surface area contributed by atoms with Gasteiger partial charge in [-0.3, -0.25) is 4.79 Å². The monoisotopic (exact) mass is 205 g/mol. The first-order chi connectivity index (χ1) is 6.05. The molecule has 1 amide bonds. The molecule has 1 saturated heterocycles. The lowest BCUT2D eigenvalue weighted by atomic mass is 9.94. The second kappa shape index (κ2) is 4.29. The number of piperidine rings is 1. The summed E-state index contributed by atoms with van der Waals surface area (Å²) < 4.78 is 0. The molecular weight excluding hydrogens is 190 g/mol. The third-order valence-electron chi connectivity index (χ3n) is 2.50. The zero-order valence-corrected chi connectivity index (χ0v) is 8.68. The van der Waals surface area contributed by atoms with Crippen LogP contribution in [0.3, 0.4) is 0 Å². The summed E-state index contributed by atoms with van der Waals surface area (Å²) in [4.78, 5) is 13.1. The number of amides is 1. The van der Waals surface area contributed by atoms with Crippen LogP contribution in [0, 0.1) is 0 Å². The Morgan fingerprint density at radius 3 is 2.54 bits per heavy atom. The van der Waals surface area contributed by atoms with Gasteiger partial charge in [0.2, 0.25) is 5.91 Å². The summed E-state index contributed by atoms with van der Waals surface area (Å²) in [5, 5.41) is 9.64. The van der Waals surface area contributed by atoms with E-state index < -0.39 is 5.60 Å². The molecule has 0 aliphatic carbocycles. The number of halogens is 1. The number of carbonyl (C=O) groups is 1. The summed E-state index contributed by atoms with van der Waals surface area (Å²) >= 11 is 5.47. The zero-order chi connectivity index (χ0) is 9.90. The van der Waals surface area contributed by atoms with Crippen molar-refractivity contribution in [3.05, 3.63) is 0 Å². The Morgan fingerprint density at radius 1 is 1.54 bits per heavy atom. The summed E-state index contributed by atoms with van der Waals surface area (Å²) in [6.07, 6.45) is 1.74. The van der Waals surface area contributed by atoms with Crippen LogP contribution in [-0.4, -0.2) is 40.5 Å². The molecule has 0 spiro atoms. The Labute approximate surface area is 83.7 Å². The molecule has 0 saturated carbocycles. The molecule has 0 atom stereocenters. The summed E-state index contributed by atoms with van der Waals surface area (Å²) in [6, 6.07) is 0. The highest BCUT2D eigenvalue weighted by molar-refractivity contribution is 6.18. The first-order valence-electron chi connectivity index (χ1n) is 4.61. The number of hydrogen-bond donors (Lipinski definition) is 1. The number of aliphatic hydroxyl groups is 1. The molecule has 0 aromatic heterocycles. The van der Waals surface area contributed by atoms with Crippen LogP contribution in [0.15, 0.2) is 0 Å². The Kier molecular flexibility index (Phi) is 3.56. The smallest absolute Gasteiger partial charge is 0.223 e. The lowest BCUT2D eigenvalue weighted by Crippen LogP contribution is -2.45. The zero-order valence-electron chi connectivity index (χ0n) is 7.92. The molecule has 1 heterocycles. The minimum Gasteiger partial charge on any atom is -0.390 e. The van der Waals surface area contributed by atoms with Gasteiger partial charge in [-0.2, -0.15) is 0 Å². The molecular formula is C9H16ClNO2. The number of nitrogens with zero attached hydrogens (tertiary/aromatic N) is 1. The van der Waals surface area contributed by atoms with Crippen molar-refractivity contribution in [3.8, 4) is 0 Å². The Balaban J connectivity index is 2.36. The molecule has 0 radical (unpaired) electrons. The van der Waals surface area contributed by atoms with Gasteiger partial charge in [-0.15, -0.1) is 11.6 Å². The van der Waals surface area contributed by atoms with Crippen molar-refractivity contribution in [2.75, 3.05) is 19.0 Å². The maximum absolute atomic E-state index is 11.4. The van der Waals surface area contributed by atoms with Crippen LogP contribution in [0.4, 0.5) is 0 Å². The second-order valence-corrected chi connectivity index (χ2v) is 4.19. The van der Waals surface area contributed by atoms with Crippen molar-refractivity contribution in [1.29, 1.82) is 0 Å². The fourth-order valence-electron chi connectivity index (χ4n) is 1.48. The van der Waals surface area contributed by atoms with Crippen molar-refractivity contribution in [3.63, 3.8) is 0 Å².